The van der Waals surface area contributed by atoms with Gasteiger partial charge < -0.3 is 14.6 Å². The molecule has 3 rings (SSSR count). The molecule has 28 heavy (non-hydrogen) atoms. The summed E-state index contributed by atoms with van der Waals surface area (Å²) in [6.45, 7) is 4.20. The van der Waals surface area contributed by atoms with E-state index in [0.717, 1.165) is 11.3 Å². The average Bonchev–Trinajstić information content (AvgIpc) is 2.70. The fourth-order valence-corrected chi connectivity index (χ4v) is 3.12. The molecule has 0 atom stereocenters. The van der Waals surface area contributed by atoms with Gasteiger partial charge in [-0.3, -0.25) is 9.59 Å². The van der Waals surface area contributed by atoms with Crippen LogP contribution in [-0.4, -0.2) is 33.9 Å². The molecule has 3 aromatic rings. The van der Waals surface area contributed by atoms with Gasteiger partial charge in [0.25, 0.3) is 5.56 Å². The van der Waals surface area contributed by atoms with Crippen LogP contribution in [0.4, 0.5) is 0 Å². The Bertz CT molecular complexity index is 1010. The third kappa shape index (κ3) is 4.57. The van der Waals surface area contributed by atoms with Gasteiger partial charge >= 0.3 is 0 Å². The normalized spacial score (nSPS) is 11.0. The average molecular weight is 379 g/mol. The molecule has 0 radical (unpaired) electrons. The molecule has 0 unspecified atom stereocenters. The van der Waals surface area contributed by atoms with Crippen molar-refractivity contribution < 1.29 is 9.53 Å². The minimum absolute atomic E-state index is 0.000129. The number of benzene rings is 2. The van der Waals surface area contributed by atoms with Crippen molar-refractivity contribution >= 4 is 16.8 Å². The van der Waals surface area contributed by atoms with Gasteiger partial charge in [-0.2, -0.15) is 0 Å². The number of nitrogens with zero attached hydrogens (tertiary/aromatic N) is 2. The number of nitrogens with one attached hydrogen (secondary N) is 1. The lowest BCUT2D eigenvalue weighted by molar-refractivity contribution is -0.133. The summed E-state index contributed by atoms with van der Waals surface area (Å²) < 4.78 is 5.16. The van der Waals surface area contributed by atoms with E-state index in [4.69, 9.17) is 4.74 Å². The molecule has 1 N–H and O–H groups in total. The molecule has 0 aliphatic heterocycles. The Morgan fingerprint density at radius 1 is 1.14 bits per heavy atom. The van der Waals surface area contributed by atoms with Crippen LogP contribution in [-0.2, 0) is 17.8 Å². The summed E-state index contributed by atoms with van der Waals surface area (Å²) in [6.07, 6.45) is 1.04. The van der Waals surface area contributed by atoms with Crippen LogP contribution >= 0.6 is 0 Å². The first-order chi connectivity index (χ1) is 13.5. The highest BCUT2D eigenvalue weighted by atomic mass is 16.5. The van der Waals surface area contributed by atoms with E-state index in [0.29, 0.717) is 29.6 Å². The predicted molar refractivity (Wildman–Crippen MR) is 109 cm³/mol. The highest BCUT2D eigenvalue weighted by Crippen LogP contribution is 2.15. The monoisotopic (exact) mass is 379 g/mol. The number of rotatable bonds is 7. The maximum Gasteiger partial charge on any atom is 0.258 e. The molecule has 6 heteroatoms. The zero-order valence-corrected chi connectivity index (χ0v) is 16.4. The molecule has 0 aliphatic carbocycles. The van der Waals surface area contributed by atoms with Crippen LogP contribution in [0.25, 0.3) is 10.9 Å². The number of amides is 1. The summed E-state index contributed by atoms with van der Waals surface area (Å²) in [5, 5.41) is 0.549. The van der Waals surface area contributed by atoms with E-state index < -0.39 is 0 Å². The Balaban J connectivity index is 1.72. The van der Waals surface area contributed by atoms with Gasteiger partial charge in [0.15, 0.2) is 0 Å². The molecule has 1 aromatic heterocycles. The largest absolute Gasteiger partial charge is 0.497 e. The lowest BCUT2D eigenvalue weighted by Crippen LogP contribution is -2.37. The topological polar surface area (TPSA) is 75.3 Å². The molecular weight excluding hydrogens is 354 g/mol. The molecule has 0 fully saturated rings. The summed E-state index contributed by atoms with van der Waals surface area (Å²) >= 11 is 0. The lowest BCUT2D eigenvalue weighted by atomic mass is 10.1. The van der Waals surface area contributed by atoms with E-state index in [1.807, 2.05) is 50.2 Å². The van der Waals surface area contributed by atoms with E-state index in [1.165, 1.54) is 0 Å². The Morgan fingerprint density at radius 2 is 1.86 bits per heavy atom. The SMILES string of the molecule is COc1ccc(CCC(=O)N(Cc2nc3ccccc3c(=O)[nH]2)C(C)C)cc1. The van der Waals surface area contributed by atoms with Crippen LogP contribution in [0, 0.1) is 0 Å². The number of aryl methyl sites for hydroxylation is 1. The smallest absolute Gasteiger partial charge is 0.258 e. The molecule has 0 spiro atoms. The van der Waals surface area contributed by atoms with Gasteiger partial charge in [0, 0.05) is 12.5 Å². The van der Waals surface area contributed by atoms with Gasteiger partial charge in [-0.25, -0.2) is 4.98 Å². The first-order valence-corrected chi connectivity index (χ1v) is 9.38. The zero-order chi connectivity index (χ0) is 20.1. The number of hydrogen-bond acceptors (Lipinski definition) is 4. The van der Waals surface area contributed by atoms with E-state index in [9.17, 15) is 9.59 Å². The van der Waals surface area contributed by atoms with Crippen molar-refractivity contribution in [2.75, 3.05) is 7.11 Å². The van der Waals surface area contributed by atoms with Crippen molar-refractivity contribution in [2.24, 2.45) is 0 Å². The van der Waals surface area contributed by atoms with Crippen LogP contribution in [0.5, 0.6) is 5.75 Å². The molecular formula is C22H25N3O3. The Morgan fingerprint density at radius 3 is 2.54 bits per heavy atom. The summed E-state index contributed by atoms with van der Waals surface area (Å²) in [5.41, 5.74) is 1.53. The number of carbonyl (C=O) groups excluding carboxylic acids is 1. The molecule has 146 valence electrons. The van der Waals surface area contributed by atoms with E-state index in [1.54, 1.807) is 24.1 Å². The minimum atomic E-state index is -0.185. The molecule has 2 aromatic carbocycles. The number of methoxy groups -OCH3 is 1. The van der Waals surface area contributed by atoms with Crippen molar-refractivity contribution in [2.45, 2.75) is 39.3 Å². The molecule has 0 saturated carbocycles. The molecule has 0 saturated heterocycles. The van der Waals surface area contributed by atoms with Crippen molar-refractivity contribution in [3.63, 3.8) is 0 Å². The number of aromatic nitrogens is 2. The fourth-order valence-electron chi connectivity index (χ4n) is 3.12. The Labute approximate surface area is 164 Å². The summed E-state index contributed by atoms with van der Waals surface area (Å²) in [6, 6.07) is 14.9. The quantitative estimate of drug-likeness (QED) is 0.683. The van der Waals surface area contributed by atoms with Crippen LogP contribution in [0.15, 0.2) is 53.3 Å². The Hall–Kier alpha value is -3.15. The molecule has 1 amide bonds. The first-order valence-electron chi connectivity index (χ1n) is 9.38. The van der Waals surface area contributed by atoms with Crippen LogP contribution in [0.1, 0.15) is 31.7 Å². The summed E-state index contributed by atoms with van der Waals surface area (Å²) in [5.74, 6) is 1.32. The van der Waals surface area contributed by atoms with Crippen molar-refractivity contribution in [3.05, 3.63) is 70.3 Å². The van der Waals surface area contributed by atoms with Gasteiger partial charge in [0.1, 0.15) is 11.6 Å². The van der Waals surface area contributed by atoms with Gasteiger partial charge in [0.05, 0.1) is 24.6 Å². The van der Waals surface area contributed by atoms with Gasteiger partial charge in [0.2, 0.25) is 5.91 Å². The van der Waals surface area contributed by atoms with Crippen molar-refractivity contribution in [1.29, 1.82) is 0 Å². The Kier molecular flexibility index (Phi) is 6.09. The zero-order valence-electron chi connectivity index (χ0n) is 16.4. The molecule has 0 bridgehead atoms. The maximum atomic E-state index is 12.8. The number of ether oxygens (including phenoxy) is 1. The number of fused-ring (bicyclic) bond motifs is 1. The van der Waals surface area contributed by atoms with E-state index >= 15 is 0 Å². The number of carbonyl (C=O) groups is 1. The predicted octanol–water partition coefficient (Wildman–Crippen LogP) is 3.30. The van der Waals surface area contributed by atoms with Crippen LogP contribution in [0.2, 0.25) is 0 Å². The summed E-state index contributed by atoms with van der Waals surface area (Å²) in [7, 11) is 1.63. The minimum Gasteiger partial charge on any atom is -0.497 e. The second-order valence-corrected chi connectivity index (χ2v) is 6.99. The van der Waals surface area contributed by atoms with E-state index in [2.05, 4.69) is 9.97 Å². The number of para-hydroxylation sites is 1. The second kappa shape index (κ2) is 8.69. The number of hydrogen-bond donors (Lipinski definition) is 1. The van der Waals surface area contributed by atoms with Crippen LogP contribution in [0.3, 0.4) is 0 Å². The highest BCUT2D eigenvalue weighted by Gasteiger charge is 2.19. The van der Waals surface area contributed by atoms with Crippen molar-refractivity contribution in [3.8, 4) is 5.75 Å². The molecule has 1 heterocycles. The number of aromatic amines is 1. The third-order valence-electron chi connectivity index (χ3n) is 4.71. The standard InChI is InChI=1S/C22H25N3O3/c1-15(2)25(21(26)13-10-16-8-11-17(28-3)12-9-16)14-20-23-19-7-5-4-6-18(19)22(27)24-20/h4-9,11-12,15H,10,13-14H2,1-3H3,(H,23,24,27). The van der Waals surface area contributed by atoms with Gasteiger partial charge in [-0.05, 0) is 50.1 Å². The second-order valence-electron chi connectivity index (χ2n) is 6.99. The lowest BCUT2D eigenvalue weighted by Gasteiger charge is -2.26. The fraction of sp³-hybridized carbons (Fsp3) is 0.318. The van der Waals surface area contributed by atoms with Crippen molar-refractivity contribution in [1.82, 2.24) is 14.9 Å². The van der Waals surface area contributed by atoms with E-state index in [-0.39, 0.29) is 24.1 Å². The summed E-state index contributed by atoms with van der Waals surface area (Å²) in [4.78, 5) is 34.2. The third-order valence-corrected chi connectivity index (χ3v) is 4.71. The van der Waals surface area contributed by atoms with Gasteiger partial charge in [-0.1, -0.05) is 24.3 Å². The molecule has 0 aliphatic rings. The maximum absolute atomic E-state index is 12.8. The van der Waals surface area contributed by atoms with Gasteiger partial charge in [-0.15, -0.1) is 0 Å². The highest BCUT2D eigenvalue weighted by molar-refractivity contribution is 5.78. The molecule has 6 nitrogen and oxygen atoms in total. The first kappa shape index (κ1) is 19.6. The number of H-pyrrole nitrogens is 1. The van der Waals surface area contributed by atoms with Crippen LogP contribution < -0.4 is 10.3 Å².